The van der Waals surface area contributed by atoms with E-state index in [2.05, 4.69) is 16.0 Å². The van der Waals surface area contributed by atoms with E-state index in [0.29, 0.717) is 0 Å². The Morgan fingerprint density at radius 2 is 1.00 bits per heavy atom. The monoisotopic (exact) mass is 502 g/mol. The summed E-state index contributed by atoms with van der Waals surface area (Å²) >= 11 is 0. The normalized spacial score (nSPS) is 14.5. The largest absolute Gasteiger partial charge is 0.481 e. The highest BCUT2D eigenvalue weighted by Gasteiger charge is 2.31. The van der Waals surface area contributed by atoms with Gasteiger partial charge in [0, 0.05) is 12.8 Å². The van der Waals surface area contributed by atoms with E-state index in [1.807, 2.05) is 13.8 Å². The standard InChI is InChI=1S/C22H38N4O9/c1-11(2)9-15(25-19(31)13(23)5-7-17(27)28)21(33)26-16(10-12(3)4)20(32)24-14(22(34)35)6-8-18(29)30/h11-16H,5-10,23H2,1-4H3,(H,24,32)(H,25,31)(H,26,33)(H,27,28)(H,29,30)(H,34,35). The Hall–Kier alpha value is -3.22. The maximum Gasteiger partial charge on any atom is 0.326 e. The lowest BCUT2D eigenvalue weighted by molar-refractivity contribution is -0.143. The van der Waals surface area contributed by atoms with Crippen LogP contribution in [-0.4, -0.2) is 75.1 Å². The fourth-order valence-electron chi connectivity index (χ4n) is 3.16. The van der Waals surface area contributed by atoms with Crippen molar-refractivity contribution in [2.45, 2.75) is 90.4 Å². The predicted octanol–water partition coefficient (Wildman–Crippen LogP) is -0.325. The molecule has 4 atom stereocenters. The van der Waals surface area contributed by atoms with Gasteiger partial charge in [0.05, 0.1) is 6.04 Å². The van der Waals surface area contributed by atoms with Gasteiger partial charge in [0.2, 0.25) is 17.7 Å². The van der Waals surface area contributed by atoms with Gasteiger partial charge in [-0.3, -0.25) is 24.0 Å². The van der Waals surface area contributed by atoms with Crippen molar-refractivity contribution in [3.8, 4) is 0 Å². The lowest BCUT2D eigenvalue weighted by atomic mass is 9.99. The fourth-order valence-corrected chi connectivity index (χ4v) is 3.16. The Bertz CT molecular complexity index is 770. The molecule has 0 saturated heterocycles. The molecule has 0 aliphatic carbocycles. The van der Waals surface area contributed by atoms with Gasteiger partial charge in [-0.05, 0) is 37.5 Å². The number of carboxylic acid groups (broad SMARTS) is 3. The highest BCUT2D eigenvalue weighted by atomic mass is 16.4. The van der Waals surface area contributed by atoms with Gasteiger partial charge >= 0.3 is 17.9 Å². The highest BCUT2D eigenvalue weighted by molar-refractivity contribution is 5.94. The Morgan fingerprint density at radius 1 is 0.629 bits per heavy atom. The maximum atomic E-state index is 13.0. The fraction of sp³-hybridized carbons (Fsp3) is 0.727. The van der Waals surface area contributed by atoms with Gasteiger partial charge in [0.1, 0.15) is 18.1 Å². The number of amides is 3. The zero-order chi connectivity index (χ0) is 27.3. The number of carbonyl (C=O) groups excluding carboxylic acids is 3. The SMILES string of the molecule is CC(C)CC(NC(=O)C(N)CCC(=O)O)C(=O)NC(CC(C)C)C(=O)NC(CCC(=O)O)C(=O)O. The first kappa shape index (κ1) is 31.8. The number of aliphatic carboxylic acids is 3. The van der Waals surface area contributed by atoms with Crippen molar-refractivity contribution in [2.24, 2.45) is 17.6 Å². The van der Waals surface area contributed by atoms with E-state index in [1.54, 1.807) is 13.8 Å². The van der Waals surface area contributed by atoms with E-state index in [-0.39, 0.29) is 43.9 Å². The first-order valence-corrected chi connectivity index (χ1v) is 11.5. The lowest BCUT2D eigenvalue weighted by Gasteiger charge is -2.26. The van der Waals surface area contributed by atoms with Crippen molar-refractivity contribution in [2.75, 3.05) is 0 Å². The minimum atomic E-state index is -1.46. The molecule has 0 spiro atoms. The summed E-state index contributed by atoms with van der Waals surface area (Å²) in [5.41, 5.74) is 5.72. The summed E-state index contributed by atoms with van der Waals surface area (Å²) in [6, 6.07) is -4.80. The molecule has 200 valence electrons. The van der Waals surface area contributed by atoms with E-state index >= 15 is 0 Å². The molecule has 0 aromatic carbocycles. The van der Waals surface area contributed by atoms with Crippen LogP contribution in [0.25, 0.3) is 0 Å². The van der Waals surface area contributed by atoms with Crippen LogP contribution in [0.3, 0.4) is 0 Å². The van der Waals surface area contributed by atoms with Crippen molar-refractivity contribution in [3.63, 3.8) is 0 Å². The predicted molar refractivity (Wildman–Crippen MR) is 124 cm³/mol. The average molecular weight is 503 g/mol. The first-order chi connectivity index (χ1) is 16.1. The molecule has 13 nitrogen and oxygen atoms in total. The van der Waals surface area contributed by atoms with Crippen LogP contribution in [0.1, 0.15) is 66.2 Å². The van der Waals surface area contributed by atoms with Crippen molar-refractivity contribution < 1.29 is 44.1 Å². The quantitative estimate of drug-likeness (QED) is 0.137. The molecule has 0 rings (SSSR count). The highest BCUT2D eigenvalue weighted by Crippen LogP contribution is 2.10. The molecular weight excluding hydrogens is 464 g/mol. The third-order valence-electron chi connectivity index (χ3n) is 4.95. The minimum Gasteiger partial charge on any atom is -0.481 e. The number of carboxylic acids is 3. The second kappa shape index (κ2) is 15.6. The topological polar surface area (TPSA) is 225 Å². The van der Waals surface area contributed by atoms with Crippen molar-refractivity contribution in [3.05, 3.63) is 0 Å². The number of nitrogens with one attached hydrogen (secondary N) is 3. The number of hydrogen-bond acceptors (Lipinski definition) is 7. The van der Waals surface area contributed by atoms with Crippen LogP contribution >= 0.6 is 0 Å². The molecule has 35 heavy (non-hydrogen) atoms. The molecule has 0 saturated carbocycles. The Balaban J connectivity index is 5.49. The van der Waals surface area contributed by atoms with Gasteiger partial charge in [-0.2, -0.15) is 0 Å². The van der Waals surface area contributed by atoms with Crippen molar-refractivity contribution >= 4 is 35.6 Å². The van der Waals surface area contributed by atoms with Crippen LogP contribution in [0.4, 0.5) is 0 Å². The molecule has 0 aliphatic heterocycles. The number of hydrogen-bond donors (Lipinski definition) is 7. The molecule has 3 amide bonds. The van der Waals surface area contributed by atoms with Crippen LogP contribution in [-0.2, 0) is 28.8 Å². The molecule has 0 radical (unpaired) electrons. The maximum absolute atomic E-state index is 13.0. The minimum absolute atomic E-state index is 0.0360. The van der Waals surface area contributed by atoms with Crippen LogP contribution < -0.4 is 21.7 Å². The van der Waals surface area contributed by atoms with Crippen LogP contribution in [0, 0.1) is 11.8 Å². The zero-order valence-electron chi connectivity index (χ0n) is 20.6. The molecule has 0 aromatic heterocycles. The molecular formula is C22H38N4O9. The number of carbonyl (C=O) groups is 6. The lowest BCUT2D eigenvalue weighted by Crippen LogP contribution is -2.57. The summed E-state index contributed by atoms with van der Waals surface area (Å²) in [5, 5.41) is 34.2. The van der Waals surface area contributed by atoms with E-state index in [9.17, 15) is 33.9 Å². The molecule has 4 unspecified atom stereocenters. The van der Waals surface area contributed by atoms with Crippen LogP contribution in [0.15, 0.2) is 0 Å². The summed E-state index contributed by atoms with van der Waals surface area (Å²) in [4.78, 5) is 71.1. The molecule has 8 N–H and O–H groups in total. The first-order valence-electron chi connectivity index (χ1n) is 11.5. The van der Waals surface area contributed by atoms with Gasteiger partial charge in [0.25, 0.3) is 0 Å². The molecule has 13 heteroatoms. The summed E-state index contributed by atoms with van der Waals surface area (Å²) < 4.78 is 0. The van der Waals surface area contributed by atoms with E-state index in [0.717, 1.165) is 0 Å². The van der Waals surface area contributed by atoms with Gasteiger partial charge < -0.3 is 37.0 Å². The Labute approximate surface area is 204 Å². The molecule has 0 heterocycles. The van der Waals surface area contributed by atoms with Crippen molar-refractivity contribution in [1.82, 2.24) is 16.0 Å². The Morgan fingerprint density at radius 3 is 1.37 bits per heavy atom. The summed E-state index contributed by atoms with van der Waals surface area (Å²) in [7, 11) is 0. The molecule has 0 fully saturated rings. The second-order valence-electron chi connectivity index (χ2n) is 9.25. The van der Waals surface area contributed by atoms with Crippen LogP contribution in [0.5, 0.6) is 0 Å². The molecule has 0 aromatic rings. The van der Waals surface area contributed by atoms with Crippen LogP contribution in [0.2, 0.25) is 0 Å². The summed E-state index contributed by atoms with van der Waals surface area (Å²) in [5.74, 6) is -6.04. The zero-order valence-corrected chi connectivity index (χ0v) is 20.6. The summed E-state index contributed by atoms with van der Waals surface area (Å²) in [6.45, 7) is 7.21. The summed E-state index contributed by atoms with van der Waals surface area (Å²) in [6.07, 6.45) is -0.887. The van der Waals surface area contributed by atoms with E-state index in [4.69, 9.17) is 15.9 Å². The average Bonchev–Trinajstić information content (AvgIpc) is 2.72. The van der Waals surface area contributed by atoms with E-state index in [1.165, 1.54) is 0 Å². The number of rotatable bonds is 17. The molecule has 0 aliphatic rings. The third-order valence-corrected chi connectivity index (χ3v) is 4.95. The van der Waals surface area contributed by atoms with Gasteiger partial charge in [-0.1, -0.05) is 27.7 Å². The molecule has 0 bridgehead atoms. The van der Waals surface area contributed by atoms with Gasteiger partial charge in [0.15, 0.2) is 0 Å². The van der Waals surface area contributed by atoms with Crippen molar-refractivity contribution in [1.29, 1.82) is 0 Å². The van der Waals surface area contributed by atoms with Gasteiger partial charge in [-0.25, -0.2) is 4.79 Å². The van der Waals surface area contributed by atoms with E-state index < -0.39 is 66.2 Å². The second-order valence-corrected chi connectivity index (χ2v) is 9.25. The number of nitrogens with two attached hydrogens (primary N) is 1. The third kappa shape index (κ3) is 13.9. The van der Waals surface area contributed by atoms with Gasteiger partial charge in [-0.15, -0.1) is 0 Å². The Kier molecular flexibility index (Phi) is 14.2. The smallest absolute Gasteiger partial charge is 0.326 e.